The zero-order chi connectivity index (χ0) is 13.3. The molecule has 2 heterocycles. The first kappa shape index (κ1) is 12.8. The normalized spacial score (nSPS) is 22.3. The van der Waals surface area contributed by atoms with Gasteiger partial charge in [-0.25, -0.2) is 4.98 Å². The highest BCUT2D eigenvalue weighted by molar-refractivity contribution is 7.10. The molecule has 1 fully saturated rings. The maximum atomic E-state index is 5.79. The lowest BCUT2D eigenvalue weighted by molar-refractivity contribution is -0.0593. The van der Waals surface area contributed by atoms with Gasteiger partial charge in [-0.15, -0.1) is 11.3 Å². The molecule has 2 aromatic rings. The molecule has 0 aliphatic carbocycles. The molecule has 1 aliphatic rings. The van der Waals surface area contributed by atoms with Crippen molar-refractivity contribution in [2.75, 3.05) is 6.61 Å². The van der Waals surface area contributed by atoms with E-state index >= 15 is 0 Å². The highest BCUT2D eigenvalue weighted by atomic mass is 32.1. The quantitative estimate of drug-likeness (QED) is 0.804. The van der Waals surface area contributed by atoms with Crippen LogP contribution < -0.4 is 0 Å². The molecule has 0 unspecified atom stereocenters. The van der Waals surface area contributed by atoms with E-state index in [1.54, 1.807) is 11.3 Å². The third-order valence-electron chi connectivity index (χ3n) is 3.64. The summed E-state index contributed by atoms with van der Waals surface area (Å²) in [7, 11) is 0. The van der Waals surface area contributed by atoms with Crippen molar-refractivity contribution in [3.05, 3.63) is 40.7 Å². The zero-order valence-electron chi connectivity index (χ0n) is 11.4. The summed E-state index contributed by atoms with van der Waals surface area (Å²) in [6, 6.07) is 10.4. The minimum atomic E-state index is -0.0124. The summed E-state index contributed by atoms with van der Waals surface area (Å²) in [6.45, 7) is 5.19. The van der Waals surface area contributed by atoms with Crippen LogP contribution in [0.4, 0.5) is 0 Å². The van der Waals surface area contributed by atoms with Gasteiger partial charge in [-0.2, -0.15) is 0 Å². The molecule has 1 aliphatic heterocycles. The summed E-state index contributed by atoms with van der Waals surface area (Å²) in [4.78, 5) is 4.83. The Morgan fingerprint density at radius 2 is 2.05 bits per heavy atom. The summed E-state index contributed by atoms with van der Waals surface area (Å²) in [5, 5.41) is 3.43. The second-order valence-electron chi connectivity index (χ2n) is 5.73. The minimum Gasteiger partial charge on any atom is -0.376 e. The molecule has 3 rings (SSSR count). The Hall–Kier alpha value is -1.19. The molecule has 1 atom stereocenters. The van der Waals surface area contributed by atoms with Crippen molar-refractivity contribution in [2.24, 2.45) is 0 Å². The second-order valence-corrected chi connectivity index (χ2v) is 6.62. The average molecular weight is 273 g/mol. The lowest BCUT2D eigenvalue weighted by atomic mass is 9.89. The van der Waals surface area contributed by atoms with Gasteiger partial charge >= 0.3 is 0 Å². The van der Waals surface area contributed by atoms with E-state index in [0.29, 0.717) is 5.92 Å². The van der Waals surface area contributed by atoms with Crippen molar-refractivity contribution >= 4 is 11.3 Å². The van der Waals surface area contributed by atoms with E-state index in [-0.39, 0.29) is 5.60 Å². The molecule has 2 nitrogen and oxygen atoms in total. The van der Waals surface area contributed by atoms with Crippen LogP contribution in [0.25, 0.3) is 11.3 Å². The van der Waals surface area contributed by atoms with Crippen molar-refractivity contribution in [1.82, 2.24) is 4.98 Å². The van der Waals surface area contributed by atoms with Gasteiger partial charge in [-0.1, -0.05) is 30.3 Å². The molecule has 0 N–H and O–H groups in total. The first-order valence-electron chi connectivity index (χ1n) is 6.79. The number of ether oxygens (including phenoxy) is 1. The first-order chi connectivity index (χ1) is 9.14. The van der Waals surface area contributed by atoms with Crippen molar-refractivity contribution in [1.29, 1.82) is 0 Å². The van der Waals surface area contributed by atoms with Gasteiger partial charge < -0.3 is 4.74 Å². The zero-order valence-corrected chi connectivity index (χ0v) is 12.2. The third kappa shape index (κ3) is 2.88. The van der Waals surface area contributed by atoms with Crippen LogP contribution in [0.5, 0.6) is 0 Å². The van der Waals surface area contributed by atoms with Crippen LogP contribution >= 0.6 is 11.3 Å². The predicted molar refractivity (Wildman–Crippen MR) is 79.6 cm³/mol. The molecule has 0 saturated carbocycles. The van der Waals surface area contributed by atoms with E-state index < -0.39 is 0 Å². The van der Waals surface area contributed by atoms with Crippen LogP contribution in [0.15, 0.2) is 35.7 Å². The van der Waals surface area contributed by atoms with Crippen LogP contribution in [0.3, 0.4) is 0 Å². The van der Waals surface area contributed by atoms with Gasteiger partial charge in [0.2, 0.25) is 0 Å². The largest absolute Gasteiger partial charge is 0.376 e. The number of thiazole rings is 1. The fraction of sp³-hybridized carbons (Fsp3) is 0.438. The van der Waals surface area contributed by atoms with E-state index in [2.05, 4.69) is 43.5 Å². The molecular formula is C16H19NOS. The van der Waals surface area contributed by atoms with Gasteiger partial charge in [0.1, 0.15) is 0 Å². The number of benzene rings is 1. The Morgan fingerprint density at radius 1 is 1.26 bits per heavy atom. The maximum absolute atomic E-state index is 5.79. The van der Waals surface area contributed by atoms with Gasteiger partial charge in [0.15, 0.2) is 0 Å². The van der Waals surface area contributed by atoms with Crippen molar-refractivity contribution < 1.29 is 4.74 Å². The van der Waals surface area contributed by atoms with E-state index in [4.69, 9.17) is 9.72 Å². The number of nitrogens with zero attached hydrogens (tertiary/aromatic N) is 1. The van der Waals surface area contributed by atoms with E-state index in [0.717, 1.165) is 25.1 Å². The molecular weight excluding hydrogens is 254 g/mol. The lowest BCUT2D eigenvalue weighted by Crippen LogP contribution is -2.32. The lowest BCUT2D eigenvalue weighted by Gasteiger charge is -2.34. The number of hydrogen-bond donors (Lipinski definition) is 0. The number of aromatic nitrogens is 1. The molecule has 100 valence electrons. The number of rotatable bonds is 2. The molecule has 0 amide bonds. The molecule has 0 radical (unpaired) electrons. The van der Waals surface area contributed by atoms with Crippen LogP contribution in [0, 0.1) is 0 Å². The van der Waals surface area contributed by atoms with Gasteiger partial charge in [-0.05, 0) is 26.7 Å². The van der Waals surface area contributed by atoms with Gasteiger partial charge in [0.05, 0.1) is 16.3 Å². The Kier molecular flexibility index (Phi) is 3.42. The Labute approximate surface area is 118 Å². The molecule has 3 heteroatoms. The summed E-state index contributed by atoms with van der Waals surface area (Å²) in [5.41, 5.74) is 2.29. The van der Waals surface area contributed by atoms with Crippen LogP contribution in [-0.2, 0) is 4.74 Å². The van der Waals surface area contributed by atoms with Crippen molar-refractivity contribution in [3.8, 4) is 11.3 Å². The fourth-order valence-corrected chi connectivity index (χ4v) is 3.63. The van der Waals surface area contributed by atoms with E-state index in [1.165, 1.54) is 10.6 Å². The summed E-state index contributed by atoms with van der Waals surface area (Å²) in [6.07, 6.45) is 2.15. The highest BCUT2D eigenvalue weighted by Gasteiger charge is 2.31. The monoisotopic (exact) mass is 273 g/mol. The van der Waals surface area contributed by atoms with E-state index in [1.807, 2.05) is 6.07 Å². The molecule has 19 heavy (non-hydrogen) atoms. The standard InChI is InChI=1S/C16H19NOS/c1-16(2)10-13(8-9-18-16)15-17-14(11-19-15)12-6-4-3-5-7-12/h3-7,11,13H,8-10H2,1-2H3/t13-/m1/s1. The SMILES string of the molecule is CC1(C)C[C@H](c2nc(-c3ccccc3)cs2)CCO1. The molecule has 1 aromatic carbocycles. The molecule has 0 spiro atoms. The first-order valence-corrected chi connectivity index (χ1v) is 7.67. The minimum absolute atomic E-state index is 0.0124. The summed E-state index contributed by atoms with van der Waals surface area (Å²) >= 11 is 1.78. The third-order valence-corrected chi connectivity index (χ3v) is 4.65. The molecule has 1 saturated heterocycles. The van der Waals surface area contributed by atoms with Crippen LogP contribution in [0.2, 0.25) is 0 Å². The fourth-order valence-electron chi connectivity index (χ4n) is 2.66. The number of hydrogen-bond acceptors (Lipinski definition) is 3. The smallest absolute Gasteiger partial charge is 0.0965 e. The summed E-state index contributed by atoms with van der Waals surface area (Å²) in [5.74, 6) is 0.547. The predicted octanol–water partition coefficient (Wildman–Crippen LogP) is 4.48. The Bertz CT molecular complexity index is 547. The van der Waals surface area contributed by atoms with Gasteiger partial charge in [0, 0.05) is 23.5 Å². The summed E-state index contributed by atoms with van der Waals surface area (Å²) < 4.78 is 5.79. The second kappa shape index (κ2) is 5.06. The maximum Gasteiger partial charge on any atom is 0.0965 e. The van der Waals surface area contributed by atoms with Crippen molar-refractivity contribution in [3.63, 3.8) is 0 Å². The van der Waals surface area contributed by atoms with Crippen LogP contribution in [-0.4, -0.2) is 17.2 Å². The van der Waals surface area contributed by atoms with Crippen molar-refractivity contribution in [2.45, 2.75) is 38.2 Å². The highest BCUT2D eigenvalue weighted by Crippen LogP contribution is 2.37. The van der Waals surface area contributed by atoms with E-state index in [9.17, 15) is 0 Å². The van der Waals surface area contributed by atoms with Crippen LogP contribution in [0.1, 0.15) is 37.6 Å². The Balaban J connectivity index is 1.82. The Morgan fingerprint density at radius 3 is 2.79 bits per heavy atom. The van der Waals surface area contributed by atoms with Gasteiger partial charge in [0.25, 0.3) is 0 Å². The molecule has 1 aromatic heterocycles. The average Bonchev–Trinajstić information content (AvgIpc) is 2.88. The topological polar surface area (TPSA) is 22.1 Å². The van der Waals surface area contributed by atoms with Gasteiger partial charge in [-0.3, -0.25) is 0 Å². The molecule has 0 bridgehead atoms.